The van der Waals surface area contributed by atoms with Gasteiger partial charge in [0.25, 0.3) is 0 Å². The van der Waals surface area contributed by atoms with Gasteiger partial charge in [-0.2, -0.15) is 6.07 Å². The van der Waals surface area contributed by atoms with Crippen LogP contribution in [0, 0.1) is 19.9 Å². The van der Waals surface area contributed by atoms with Crippen LogP contribution in [0.5, 0.6) is 0 Å². The van der Waals surface area contributed by atoms with E-state index in [1.165, 1.54) is 22.5 Å². The number of pyridine rings is 1. The van der Waals surface area contributed by atoms with E-state index in [1.807, 2.05) is 0 Å². The molecule has 79 valence electrons. The van der Waals surface area contributed by atoms with Crippen molar-refractivity contribution in [1.82, 2.24) is 0 Å². The number of aryl methyl sites for hydroxylation is 2. The van der Waals surface area contributed by atoms with Crippen LogP contribution in [0.25, 0.3) is 5.57 Å². The standard InChI is InChI=1S/C13H19N.Y/c1-7-12-8-10(4)11(5)14(6)13(12)9(2)3;/h2,7H2,1,3-6H3;. The largest absolute Gasteiger partial charge is 0.305 e. The van der Waals surface area contributed by atoms with Crippen molar-refractivity contribution < 1.29 is 37.3 Å². The summed E-state index contributed by atoms with van der Waals surface area (Å²) in [6.07, 6.45) is 1.01. The summed E-state index contributed by atoms with van der Waals surface area (Å²) < 4.78 is 2.22. The van der Waals surface area contributed by atoms with E-state index in [1.54, 1.807) is 0 Å². The molecule has 0 aliphatic carbocycles. The first-order chi connectivity index (χ1) is 6.49. The number of allylic oxidation sites excluding steroid dienone is 1. The summed E-state index contributed by atoms with van der Waals surface area (Å²) in [4.78, 5) is 0. The van der Waals surface area contributed by atoms with Crippen molar-refractivity contribution in [3.8, 4) is 0 Å². The smallest absolute Gasteiger partial charge is 0.116 e. The van der Waals surface area contributed by atoms with Gasteiger partial charge in [-0.15, -0.1) is 6.58 Å². The quantitative estimate of drug-likeness (QED) is 0.578. The van der Waals surface area contributed by atoms with Crippen LogP contribution in [-0.2, 0) is 46.2 Å². The molecule has 0 spiro atoms. The van der Waals surface area contributed by atoms with E-state index in [0.717, 1.165) is 12.0 Å². The van der Waals surface area contributed by atoms with E-state index >= 15 is 0 Å². The van der Waals surface area contributed by atoms with Gasteiger partial charge in [0, 0.05) is 32.7 Å². The Morgan fingerprint density at radius 2 is 1.93 bits per heavy atom. The van der Waals surface area contributed by atoms with Gasteiger partial charge in [-0.05, 0) is 25.8 Å². The first-order valence-corrected chi connectivity index (χ1v) is 5.06. The van der Waals surface area contributed by atoms with Crippen molar-refractivity contribution in [2.75, 3.05) is 0 Å². The van der Waals surface area contributed by atoms with E-state index in [9.17, 15) is 0 Å². The first kappa shape index (κ1) is 15.0. The molecule has 0 saturated carbocycles. The fourth-order valence-corrected chi connectivity index (χ4v) is 1.80. The van der Waals surface area contributed by atoms with Gasteiger partial charge in [0.15, 0.2) is 0 Å². The van der Waals surface area contributed by atoms with Crippen molar-refractivity contribution in [2.45, 2.75) is 34.1 Å². The minimum Gasteiger partial charge on any atom is -0.305 e. The molecule has 1 aromatic rings. The Labute approximate surface area is 118 Å². The Hall–Kier alpha value is -0.00610. The molecule has 0 unspecified atom stereocenters. The van der Waals surface area contributed by atoms with Gasteiger partial charge in [0.2, 0.25) is 0 Å². The third kappa shape index (κ3) is 2.98. The summed E-state index contributed by atoms with van der Waals surface area (Å²) in [6.45, 7) is 12.5. The zero-order valence-electron chi connectivity index (χ0n) is 10.4. The summed E-state index contributed by atoms with van der Waals surface area (Å²) >= 11 is 0. The maximum absolute atomic E-state index is 4.02. The Kier molecular flexibility index (Phi) is 5.91. The molecule has 0 bridgehead atoms. The monoisotopic (exact) mass is 278 g/mol. The van der Waals surface area contributed by atoms with E-state index in [4.69, 9.17) is 0 Å². The summed E-state index contributed by atoms with van der Waals surface area (Å²) in [5.74, 6) is 0. The van der Waals surface area contributed by atoms with Gasteiger partial charge in [0.05, 0.1) is 5.69 Å². The SMILES string of the molecule is C=C(C)c1c(CC)[c-]c(C)c(C)[n+]1C.[Y]. The predicted molar refractivity (Wildman–Crippen MR) is 60.0 cm³/mol. The maximum atomic E-state index is 4.02. The van der Waals surface area contributed by atoms with Crippen LogP contribution < -0.4 is 4.57 Å². The molecule has 0 N–H and O–H groups in total. The van der Waals surface area contributed by atoms with Crippen LogP contribution in [0.15, 0.2) is 6.58 Å². The molecule has 1 nitrogen and oxygen atoms in total. The molecule has 1 aromatic heterocycles. The van der Waals surface area contributed by atoms with Crippen molar-refractivity contribution in [3.05, 3.63) is 35.2 Å². The minimum absolute atomic E-state index is 0. The first-order valence-electron chi connectivity index (χ1n) is 5.06. The maximum Gasteiger partial charge on any atom is 0.116 e. The average Bonchev–Trinajstić information content (AvgIpc) is 2.12. The van der Waals surface area contributed by atoms with Gasteiger partial charge in [-0.25, -0.2) is 0 Å². The molecule has 0 fully saturated rings. The predicted octanol–water partition coefficient (Wildman–Crippen LogP) is 2.52. The Morgan fingerprint density at radius 3 is 2.33 bits per heavy atom. The van der Waals surface area contributed by atoms with Crippen molar-refractivity contribution in [1.29, 1.82) is 0 Å². The summed E-state index contributed by atoms with van der Waals surface area (Å²) in [5, 5.41) is 0. The van der Waals surface area contributed by atoms with Gasteiger partial charge < -0.3 is 4.57 Å². The fraction of sp³-hybridized carbons (Fsp3) is 0.462. The average molecular weight is 278 g/mol. The number of aromatic nitrogens is 1. The number of nitrogens with zero attached hydrogens (tertiary/aromatic N) is 1. The van der Waals surface area contributed by atoms with Crippen LogP contribution in [-0.4, -0.2) is 0 Å². The molecule has 15 heavy (non-hydrogen) atoms. The summed E-state index contributed by atoms with van der Waals surface area (Å²) in [6, 6.07) is 3.43. The van der Waals surface area contributed by atoms with Crippen LogP contribution in [0.3, 0.4) is 0 Å². The van der Waals surface area contributed by atoms with Crippen LogP contribution in [0.1, 0.15) is 36.4 Å². The van der Waals surface area contributed by atoms with Crippen LogP contribution in [0.4, 0.5) is 0 Å². The molecule has 0 aliphatic rings. The molecule has 1 rings (SSSR count). The molecule has 2 heteroatoms. The van der Waals surface area contributed by atoms with Crippen molar-refractivity contribution >= 4 is 5.57 Å². The topological polar surface area (TPSA) is 3.88 Å². The van der Waals surface area contributed by atoms with Gasteiger partial charge in [0.1, 0.15) is 12.7 Å². The number of hydrogen-bond acceptors (Lipinski definition) is 0. The normalized spacial score (nSPS) is 9.67. The zero-order valence-corrected chi connectivity index (χ0v) is 13.3. The Bertz CT molecular complexity index is 381. The zero-order chi connectivity index (χ0) is 10.9. The van der Waals surface area contributed by atoms with Gasteiger partial charge >= 0.3 is 0 Å². The van der Waals surface area contributed by atoms with Crippen LogP contribution >= 0.6 is 0 Å². The molecule has 1 radical (unpaired) electrons. The third-order valence-corrected chi connectivity index (χ3v) is 2.76. The third-order valence-electron chi connectivity index (χ3n) is 2.76. The second kappa shape index (κ2) is 5.91. The summed E-state index contributed by atoms with van der Waals surface area (Å²) in [5.41, 5.74) is 6.11. The van der Waals surface area contributed by atoms with Crippen molar-refractivity contribution in [2.24, 2.45) is 7.05 Å². The van der Waals surface area contributed by atoms with E-state index in [2.05, 4.69) is 52.0 Å². The van der Waals surface area contributed by atoms with Crippen LogP contribution in [0.2, 0.25) is 0 Å². The molecular weight excluding hydrogens is 259 g/mol. The molecule has 0 aromatic carbocycles. The van der Waals surface area contributed by atoms with E-state index in [0.29, 0.717) is 0 Å². The van der Waals surface area contributed by atoms with Gasteiger partial charge in [-0.3, -0.25) is 0 Å². The molecule has 1 heterocycles. The second-order valence-electron chi connectivity index (χ2n) is 3.86. The van der Waals surface area contributed by atoms with E-state index in [-0.39, 0.29) is 32.7 Å². The Morgan fingerprint density at radius 1 is 1.40 bits per heavy atom. The van der Waals surface area contributed by atoms with Gasteiger partial charge in [-0.1, -0.05) is 25.0 Å². The molecular formula is C13H19NY. The number of rotatable bonds is 2. The molecule has 0 saturated heterocycles. The molecule has 0 atom stereocenters. The summed E-state index contributed by atoms with van der Waals surface area (Å²) in [7, 11) is 2.10. The van der Waals surface area contributed by atoms with Crippen molar-refractivity contribution in [3.63, 3.8) is 0 Å². The number of hydrogen-bond donors (Lipinski definition) is 0. The fourth-order valence-electron chi connectivity index (χ4n) is 1.80. The molecule has 0 amide bonds. The minimum atomic E-state index is 0. The Balaban J connectivity index is 0.00000196. The van der Waals surface area contributed by atoms with E-state index < -0.39 is 0 Å². The second-order valence-corrected chi connectivity index (χ2v) is 3.86. The molecule has 0 aliphatic heterocycles.